The molecule has 1 unspecified atom stereocenters. The van der Waals surface area contributed by atoms with Crippen molar-refractivity contribution in [2.75, 3.05) is 5.32 Å². The molecule has 0 aliphatic carbocycles. The number of nitrogens with zero attached hydrogens (tertiary/aromatic N) is 1. The first-order valence-electron chi connectivity index (χ1n) is 5.20. The van der Waals surface area contributed by atoms with E-state index in [-0.39, 0.29) is 0 Å². The highest BCUT2D eigenvalue weighted by Gasteiger charge is 2.20. The molecule has 3 N–H and O–H groups in total. The summed E-state index contributed by atoms with van der Waals surface area (Å²) in [6, 6.07) is 8.89. The van der Waals surface area contributed by atoms with Gasteiger partial charge in [0.2, 0.25) is 5.91 Å². The lowest BCUT2D eigenvalue weighted by Gasteiger charge is -2.14. The number of para-hydroxylation sites is 1. The number of rotatable bonds is 4. The summed E-state index contributed by atoms with van der Waals surface area (Å²) in [4.78, 5) is 15.7. The highest BCUT2D eigenvalue weighted by molar-refractivity contribution is 7.09. The highest BCUT2D eigenvalue weighted by atomic mass is 32.1. The number of primary amides is 1. The molecule has 0 aliphatic rings. The van der Waals surface area contributed by atoms with Crippen molar-refractivity contribution in [2.45, 2.75) is 13.0 Å². The Kier molecular flexibility index (Phi) is 3.39. The van der Waals surface area contributed by atoms with Gasteiger partial charge in [0.1, 0.15) is 6.04 Å². The summed E-state index contributed by atoms with van der Waals surface area (Å²) >= 11 is 1.50. The minimum absolute atomic E-state index is 0.431. The number of carbonyl (C=O) groups excluding carboxylic acids is 1. The maximum Gasteiger partial charge on any atom is 0.246 e. The number of hydrogen-bond acceptors (Lipinski definition) is 4. The fourth-order valence-corrected chi connectivity index (χ4v) is 2.14. The number of nitrogens with one attached hydrogen (secondary N) is 1. The SMILES string of the molecule is Cc1nc(C(Nc2ccccc2)C(N)=O)cs1. The maximum atomic E-state index is 11.4. The van der Waals surface area contributed by atoms with Crippen LogP contribution in [0.2, 0.25) is 0 Å². The van der Waals surface area contributed by atoms with E-state index in [1.807, 2.05) is 42.6 Å². The van der Waals surface area contributed by atoms with Gasteiger partial charge in [0.15, 0.2) is 0 Å². The third-order valence-electron chi connectivity index (χ3n) is 2.30. The van der Waals surface area contributed by atoms with Crippen molar-refractivity contribution in [3.63, 3.8) is 0 Å². The molecule has 0 saturated heterocycles. The predicted molar refractivity (Wildman–Crippen MR) is 68.9 cm³/mol. The second-order valence-corrected chi connectivity index (χ2v) is 4.70. The molecule has 1 aromatic carbocycles. The van der Waals surface area contributed by atoms with Crippen LogP contribution in [0.1, 0.15) is 16.7 Å². The largest absolute Gasteiger partial charge is 0.369 e. The van der Waals surface area contributed by atoms with Crippen LogP contribution in [0.15, 0.2) is 35.7 Å². The molecular weight excluding hydrogens is 234 g/mol. The topological polar surface area (TPSA) is 68.0 Å². The van der Waals surface area contributed by atoms with Crippen LogP contribution in [0.3, 0.4) is 0 Å². The van der Waals surface area contributed by atoms with Gasteiger partial charge in [-0.2, -0.15) is 0 Å². The quantitative estimate of drug-likeness (QED) is 0.869. The van der Waals surface area contributed by atoms with Gasteiger partial charge < -0.3 is 11.1 Å². The predicted octanol–water partition coefficient (Wildman–Crippen LogP) is 2.09. The van der Waals surface area contributed by atoms with Gasteiger partial charge in [-0.15, -0.1) is 11.3 Å². The van der Waals surface area contributed by atoms with E-state index in [0.717, 1.165) is 10.7 Å². The lowest BCUT2D eigenvalue weighted by atomic mass is 10.2. The van der Waals surface area contributed by atoms with Gasteiger partial charge in [0.25, 0.3) is 0 Å². The average Bonchev–Trinajstić information content (AvgIpc) is 2.73. The van der Waals surface area contributed by atoms with E-state index in [1.165, 1.54) is 11.3 Å². The standard InChI is InChI=1S/C12H13N3OS/c1-8-14-10(7-17-8)11(12(13)16)15-9-5-3-2-4-6-9/h2-7,11,15H,1H3,(H2,13,16). The molecular formula is C12H13N3OS. The number of benzene rings is 1. The van der Waals surface area contributed by atoms with Crippen molar-refractivity contribution in [3.05, 3.63) is 46.4 Å². The van der Waals surface area contributed by atoms with Crippen molar-refractivity contribution in [1.82, 2.24) is 4.98 Å². The minimum atomic E-state index is -0.581. The molecule has 1 aromatic heterocycles. The van der Waals surface area contributed by atoms with E-state index in [9.17, 15) is 4.79 Å². The second kappa shape index (κ2) is 4.97. The van der Waals surface area contributed by atoms with E-state index >= 15 is 0 Å². The molecule has 5 heteroatoms. The van der Waals surface area contributed by atoms with Gasteiger partial charge in [-0.05, 0) is 19.1 Å². The molecule has 1 atom stereocenters. The molecule has 0 fully saturated rings. The first kappa shape index (κ1) is 11.6. The zero-order valence-corrected chi connectivity index (χ0v) is 10.2. The van der Waals surface area contributed by atoms with Crippen LogP contribution < -0.4 is 11.1 Å². The van der Waals surface area contributed by atoms with Crippen molar-refractivity contribution >= 4 is 22.9 Å². The monoisotopic (exact) mass is 247 g/mol. The van der Waals surface area contributed by atoms with Crippen LogP contribution in [-0.2, 0) is 4.79 Å². The second-order valence-electron chi connectivity index (χ2n) is 3.64. The fraction of sp³-hybridized carbons (Fsp3) is 0.167. The molecule has 2 aromatic rings. The van der Waals surface area contributed by atoms with Crippen LogP contribution >= 0.6 is 11.3 Å². The first-order chi connectivity index (χ1) is 8.16. The Morgan fingerprint density at radius 1 is 1.41 bits per heavy atom. The van der Waals surface area contributed by atoms with Gasteiger partial charge in [-0.25, -0.2) is 4.98 Å². The van der Waals surface area contributed by atoms with Gasteiger partial charge in [-0.1, -0.05) is 18.2 Å². The minimum Gasteiger partial charge on any atom is -0.369 e. The molecule has 0 saturated carbocycles. The van der Waals surface area contributed by atoms with Crippen molar-refractivity contribution in [3.8, 4) is 0 Å². The van der Waals surface area contributed by atoms with Gasteiger partial charge >= 0.3 is 0 Å². The molecule has 1 heterocycles. The van der Waals surface area contributed by atoms with Crippen LogP contribution in [0.5, 0.6) is 0 Å². The molecule has 0 radical (unpaired) electrons. The summed E-state index contributed by atoms with van der Waals surface area (Å²) in [6.07, 6.45) is 0. The summed E-state index contributed by atoms with van der Waals surface area (Å²) in [6.45, 7) is 1.90. The van der Waals surface area contributed by atoms with Crippen LogP contribution in [-0.4, -0.2) is 10.9 Å². The van der Waals surface area contributed by atoms with Crippen LogP contribution in [0.25, 0.3) is 0 Å². The lowest BCUT2D eigenvalue weighted by Crippen LogP contribution is -2.28. The smallest absolute Gasteiger partial charge is 0.246 e. The van der Waals surface area contributed by atoms with Gasteiger partial charge in [-0.3, -0.25) is 4.79 Å². The third-order valence-corrected chi connectivity index (χ3v) is 3.09. The maximum absolute atomic E-state index is 11.4. The number of carbonyl (C=O) groups is 1. The Morgan fingerprint density at radius 3 is 2.65 bits per heavy atom. The number of aryl methyl sites for hydroxylation is 1. The highest BCUT2D eigenvalue weighted by Crippen LogP contribution is 2.20. The molecule has 0 spiro atoms. The Balaban J connectivity index is 2.22. The van der Waals surface area contributed by atoms with E-state index in [2.05, 4.69) is 10.3 Å². The Morgan fingerprint density at radius 2 is 2.12 bits per heavy atom. The number of nitrogens with two attached hydrogens (primary N) is 1. The molecule has 17 heavy (non-hydrogen) atoms. The normalized spacial score (nSPS) is 12.1. The number of hydrogen-bond donors (Lipinski definition) is 2. The zero-order valence-electron chi connectivity index (χ0n) is 9.38. The van der Waals surface area contributed by atoms with Crippen molar-refractivity contribution in [1.29, 1.82) is 0 Å². The lowest BCUT2D eigenvalue weighted by molar-refractivity contribution is -0.118. The number of anilines is 1. The first-order valence-corrected chi connectivity index (χ1v) is 6.07. The van der Waals surface area contributed by atoms with E-state index < -0.39 is 11.9 Å². The molecule has 88 valence electrons. The fourth-order valence-electron chi connectivity index (χ4n) is 1.50. The van der Waals surface area contributed by atoms with Crippen molar-refractivity contribution in [2.24, 2.45) is 5.73 Å². The number of aromatic nitrogens is 1. The van der Waals surface area contributed by atoms with Gasteiger partial charge in [0, 0.05) is 11.1 Å². The average molecular weight is 247 g/mol. The summed E-state index contributed by atoms with van der Waals surface area (Å²) in [7, 11) is 0. The van der Waals surface area contributed by atoms with Crippen molar-refractivity contribution < 1.29 is 4.79 Å². The molecule has 0 bridgehead atoms. The zero-order chi connectivity index (χ0) is 12.3. The summed E-state index contributed by atoms with van der Waals surface area (Å²) < 4.78 is 0. The molecule has 4 nitrogen and oxygen atoms in total. The molecule has 0 aliphatic heterocycles. The van der Waals surface area contributed by atoms with Gasteiger partial charge in [0.05, 0.1) is 10.7 Å². The summed E-state index contributed by atoms with van der Waals surface area (Å²) in [5.41, 5.74) is 6.91. The van der Waals surface area contributed by atoms with E-state index in [4.69, 9.17) is 5.73 Å². The third kappa shape index (κ3) is 2.82. The Bertz CT molecular complexity index is 509. The summed E-state index contributed by atoms with van der Waals surface area (Å²) in [5.74, 6) is -0.431. The van der Waals surface area contributed by atoms with E-state index in [0.29, 0.717) is 5.69 Å². The number of thiazole rings is 1. The summed E-state index contributed by atoms with van der Waals surface area (Å²) in [5, 5.41) is 5.84. The molecule has 1 amide bonds. The van der Waals surface area contributed by atoms with Crippen LogP contribution in [0, 0.1) is 6.92 Å². The Labute approximate surface area is 103 Å². The Hall–Kier alpha value is -1.88. The number of amides is 1. The van der Waals surface area contributed by atoms with E-state index in [1.54, 1.807) is 0 Å². The van der Waals surface area contributed by atoms with Crippen LogP contribution in [0.4, 0.5) is 5.69 Å². The molecule has 2 rings (SSSR count).